The summed E-state index contributed by atoms with van der Waals surface area (Å²) in [4.78, 5) is 0. The third-order valence-corrected chi connectivity index (χ3v) is 1.52. The van der Waals surface area contributed by atoms with Gasteiger partial charge in [0, 0.05) is 13.0 Å². The molecule has 0 heterocycles. The Balaban J connectivity index is 2.96. The summed E-state index contributed by atoms with van der Waals surface area (Å²) in [5.74, 6) is 0. The van der Waals surface area contributed by atoms with E-state index in [2.05, 4.69) is 30.5 Å². The molecule has 12 heavy (non-hydrogen) atoms. The zero-order valence-electron chi connectivity index (χ0n) is 7.84. The van der Waals surface area contributed by atoms with E-state index in [1.165, 1.54) is 12.8 Å². The second-order valence-electron chi connectivity index (χ2n) is 2.71. The minimum Gasteiger partial charge on any atom is -0.315 e. The summed E-state index contributed by atoms with van der Waals surface area (Å²) in [7, 11) is 0. The van der Waals surface area contributed by atoms with Gasteiger partial charge < -0.3 is 5.32 Å². The Labute approximate surface area is 75.3 Å². The van der Waals surface area contributed by atoms with E-state index in [1.807, 2.05) is 0 Å². The molecule has 0 amide bonds. The fourth-order valence-corrected chi connectivity index (χ4v) is 0.857. The maximum atomic E-state index is 8.23. The molecule has 0 aliphatic carbocycles. The van der Waals surface area contributed by atoms with E-state index in [-0.39, 0.29) is 0 Å². The van der Waals surface area contributed by atoms with Gasteiger partial charge in [0.25, 0.3) is 0 Å². The SMILES string of the molecule is CCC/C=C/CCNCCC#N. The van der Waals surface area contributed by atoms with Gasteiger partial charge in [0.1, 0.15) is 0 Å². The number of hydrogen-bond acceptors (Lipinski definition) is 2. The van der Waals surface area contributed by atoms with Gasteiger partial charge in [-0.1, -0.05) is 25.5 Å². The van der Waals surface area contributed by atoms with E-state index in [1.54, 1.807) is 0 Å². The fraction of sp³-hybridized carbons (Fsp3) is 0.700. The van der Waals surface area contributed by atoms with E-state index >= 15 is 0 Å². The van der Waals surface area contributed by atoms with Crippen molar-refractivity contribution in [2.75, 3.05) is 13.1 Å². The van der Waals surface area contributed by atoms with E-state index in [4.69, 9.17) is 5.26 Å². The van der Waals surface area contributed by atoms with Crippen molar-refractivity contribution in [2.24, 2.45) is 0 Å². The van der Waals surface area contributed by atoms with Gasteiger partial charge in [0.2, 0.25) is 0 Å². The number of unbranched alkanes of at least 4 members (excludes halogenated alkanes) is 1. The Morgan fingerprint density at radius 2 is 2.00 bits per heavy atom. The first-order valence-electron chi connectivity index (χ1n) is 4.64. The van der Waals surface area contributed by atoms with Crippen LogP contribution in [0.25, 0.3) is 0 Å². The van der Waals surface area contributed by atoms with Crippen LogP contribution in [0, 0.1) is 11.3 Å². The smallest absolute Gasteiger partial charge is 0.0635 e. The van der Waals surface area contributed by atoms with Crippen LogP contribution in [-0.4, -0.2) is 13.1 Å². The monoisotopic (exact) mass is 166 g/mol. The van der Waals surface area contributed by atoms with Crippen LogP contribution in [0.5, 0.6) is 0 Å². The fourth-order valence-electron chi connectivity index (χ4n) is 0.857. The minimum absolute atomic E-state index is 0.610. The van der Waals surface area contributed by atoms with Gasteiger partial charge in [-0.25, -0.2) is 0 Å². The molecule has 2 heteroatoms. The van der Waals surface area contributed by atoms with Crippen molar-refractivity contribution >= 4 is 0 Å². The summed E-state index contributed by atoms with van der Waals surface area (Å²) in [6.07, 6.45) is 8.50. The van der Waals surface area contributed by atoms with E-state index in [0.717, 1.165) is 19.5 Å². The lowest BCUT2D eigenvalue weighted by Crippen LogP contribution is -2.15. The van der Waals surface area contributed by atoms with Gasteiger partial charge in [-0.15, -0.1) is 0 Å². The second-order valence-corrected chi connectivity index (χ2v) is 2.71. The number of hydrogen-bond donors (Lipinski definition) is 1. The average molecular weight is 166 g/mol. The van der Waals surface area contributed by atoms with Crippen LogP contribution < -0.4 is 5.32 Å². The van der Waals surface area contributed by atoms with Crippen molar-refractivity contribution < 1.29 is 0 Å². The van der Waals surface area contributed by atoms with Crippen molar-refractivity contribution in [3.05, 3.63) is 12.2 Å². The summed E-state index contributed by atoms with van der Waals surface area (Å²) in [5, 5.41) is 11.4. The Kier molecular flexibility index (Phi) is 9.50. The lowest BCUT2D eigenvalue weighted by Gasteiger charge is -1.96. The Morgan fingerprint density at radius 3 is 2.67 bits per heavy atom. The molecule has 0 aromatic heterocycles. The predicted octanol–water partition coefficient (Wildman–Crippen LogP) is 2.24. The van der Waals surface area contributed by atoms with E-state index in [0.29, 0.717) is 6.42 Å². The van der Waals surface area contributed by atoms with Crippen molar-refractivity contribution in [2.45, 2.75) is 32.6 Å². The zero-order chi connectivity index (χ0) is 9.07. The number of allylic oxidation sites excluding steroid dienone is 1. The van der Waals surface area contributed by atoms with Crippen LogP contribution in [0.3, 0.4) is 0 Å². The summed E-state index contributed by atoms with van der Waals surface area (Å²) in [5.41, 5.74) is 0. The molecule has 0 rings (SSSR count). The predicted molar refractivity (Wildman–Crippen MR) is 51.8 cm³/mol. The van der Waals surface area contributed by atoms with Gasteiger partial charge in [0.15, 0.2) is 0 Å². The quantitative estimate of drug-likeness (QED) is 0.465. The first-order chi connectivity index (χ1) is 5.91. The highest BCUT2D eigenvalue weighted by Gasteiger charge is 1.83. The lowest BCUT2D eigenvalue weighted by molar-refractivity contribution is 0.699. The van der Waals surface area contributed by atoms with Crippen molar-refractivity contribution in [1.82, 2.24) is 5.32 Å². The van der Waals surface area contributed by atoms with Gasteiger partial charge in [-0.05, 0) is 19.4 Å². The standard InChI is InChI=1S/C10H18N2/c1-2-3-4-5-6-9-12-10-7-8-11/h4-5,12H,2-3,6-7,9-10H2,1H3/b5-4+. The van der Waals surface area contributed by atoms with Crippen LogP contribution in [-0.2, 0) is 0 Å². The number of nitrogens with one attached hydrogen (secondary N) is 1. The molecule has 1 N–H and O–H groups in total. The summed E-state index contributed by atoms with van der Waals surface area (Å²) < 4.78 is 0. The molecule has 0 saturated heterocycles. The number of rotatable bonds is 7. The Bertz CT molecular complexity index is 144. The lowest BCUT2D eigenvalue weighted by atomic mass is 10.3. The summed E-state index contributed by atoms with van der Waals surface area (Å²) in [6, 6.07) is 2.10. The maximum absolute atomic E-state index is 8.23. The Morgan fingerprint density at radius 1 is 1.25 bits per heavy atom. The number of nitriles is 1. The molecule has 0 saturated carbocycles. The second kappa shape index (κ2) is 10.2. The highest BCUT2D eigenvalue weighted by molar-refractivity contribution is 4.81. The summed E-state index contributed by atoms with van der Waals surface area (Å²) >= 11 is 0. The minimum atomic E-state index is 0.610. The van der Waals surface area contributed by atoms with E-state index < -0.39 is 0 Å². The average Bonchev–Trinajstić information content (AvgIpc) is 2.10. The molecule has 68 valence electrons. The van der Waals surface area contributed by atoms with Crippen molar-refractivity contribution in [3.8, 4) is 6.07 Å². The normalized spacial score (nSPS) is 10.3. The van der Waals surface area contributed by atoms with E-state index in [9.17, 15) is 0 Å². The van der Waals surface area contributed by atoms with Gasteiger partial charge in [-0.3, -0.25) is 0 Å². The number of nitrogens with zero attached hydrogens (tertiary/aromatic N) is 1. The summed E-state index contributed by atoms with van der Waals surface area (Å²) in [6.45, 7) is 3.98. The molecule has 0 fully saturated rings. The highest BCUT2D eigenvalue weighted by atomic mass is 14.8. The topological polar surface area (TPSA) is 35.8 Å². The van der Waals surface area contributed by atoms with Crippen LogP contribution in [0.4, 0.5) is 0 Å². The first kappa shape index (κ1) is 11.2. The third-order valence-electron chi connectivity index (χ3n) is 1.52. The molecule has 2 nitrogen and oxygen atoms in total. The Hall–Kier alpha value is -0.810. The van der Waals surface area contributed by atoms with Crippen molar-refractivity contribution in [1.29, 1.82) is 5.26 Å². The van der Waals surface area contributed by atoms with Crippen molar-refractivity contribution in [3.63, 3.8) is 0 Å². The van der Waals surface area contributed by atoms with Gasteiger partial charge in [0.05, 0.1) is 6.07 Å². The molecule has 0 atom stereocenters. The van der Waals surface area contributed by atoms with Crippen LogP contribution in [0.2, 0.25) is 0 Å². The molecule has 0 spiro atoms. The molecule has 0 aromatic carbocycles. The molecular weight excluding hydrogens is 148 g/mol. The van der Waals surface area contributed by atoms with Crippen LogP contribution >= 0.6 is 0 Å². The zero-order valence-corrected chi connectivity index (χ0v) is 7.84. The highest BCUT2D eigenvalue weighted by Crippen LogP contribution is 1.89. The molecular formula is C10H18N2. The largest absolute Gasteiger partial charge is 0.315 e. The van der Waals surface area contributed by atoms with Crippen LogP contribution in [0.1, 0.15) is 32.6 Å². The molecule has 0 aromatic rings. The molecule has 0 bridgehead atoms. The molecule has 0 unspecified atom stereocenters. The molecule has 0 aliphatic heterocycles. The first-order valence-corrected chi connectivity index (χ1v) is 4.64. The van der Waals surface area contributed by atoms with Crippen LogP contribution in [0.15, 0.2) is 12.2 Å². The van der Waals surface area contributed by atoms with Gasteiger partial charge in [-0.2, -0.15) is 5.26 Å². The molecule has 0 radical (unpaired) electrons. The maximum Gasteiger partial charge on any atom is 0.0635 e. The van der Waals surface area contributed by atoms with Gasteiger partial charge >= 0.3 is 0 Å². The third kappa shape index (κ3) is 9.19. The molecule has 0 aliphatic rings.